The highest BCUT2D eigenvalue weighted by molar-refractivity contribution is 6.20. The molecule has 0 bridgehead atoms. The van der Waals surface area contributed by atoms with Gasteiger partial charge in [0, 0.05) is 59.1 Å². The van der Waals surface area contributed by atoms with Crippen molar-refractivity contribution >= 4 is 40.8 Å². The van der Waals surface area contributed by atoms with Crippen LogP contribution in [0.25, 0.3) is 5.70 Å². The molecule has 1 heterocycles. The van der Waals surface area contributed by atoms with Crippen LogP contribution in [-0.4, -0.2) is 42.0 Å². The van der Waals surface area contributed by atoms with Gasteiger partial charge in [0.25, 0.3) is 5.91 Å². The minimum atomic E-state index is -3.82. The van der Waals surface area contributed by atoms with Gasteiger partial charge < -0.3 is 31.2 Å². The summed E-state index contributed by atoms with van der Waals surface area (Å²) in [6, 6.07) is 10.3. The van der Waals surface area contributed by atoms with Gasteiger partial charge in [-0.15, -0.1) is 8.78 Å². The molecule has 0 aliphatic carbocycles. The molecule has 1 unspecified atom stereocenters. The van der Waals surface area contributed by atoms with Crippen LogP contribution in [0, 0.1) is 5.41 Å². The Balaban J connectivity index is 1.81. The summed E-state index contributed by atoms with van der Waals surface area (Å²) >= 11 is 4.73. The largest absolute Gasteiger partial charge is 0.487 e. The average molecular weight is 451 g/mol. The second-order valence-corrected chi connectivity index (χ2v) is 7.38. The van der Waals surface area contributed by atoms with Crippen LogP contribution in [0.1, 0.15) is 22.3 Å². The lowest BCUT2D eigenvalue weighted by Crippen LogP contribution is -2.23. The third-order valence-electron chi connectivity index (χ3n) is 4.68. The van der Waals surface area contributed by atoms with E-state index in [0.29, 0.717) is 42.0 Å². The minimum Gasteiger partial charge on any atom is -0.420 e. The number of amides is 1. The topological polar surface area (TPSA) is 112 Å². The summed E-state index contributed by atoms with van der Waals surface area (Å²) < 4.78 is 29.6. The van der Waals surface area contributed by atoms with E-state index in [1.165, 1.54) is 30.3 Å². The molecule has 1 aliphatic rings. The van der Waals surface area contributed by atoms with E-state index in [-0.39, 0.29) is 5.75 Å². The highest BCUT2D eigenvalue weighted by atomic mass is 35.5. The number of anilines is 2. The number of alkyl halides is 3. The first kappa shape index (κ1) is 22.5. The number of allylic oxidation sites excluding steroid dienone is 1. The van der Waals surface area contributed by atoms with Gasteiger partial charge in [0.2, 0.25) is 0 Å². The molecule has 0 radical (unpaired) electrons. The van der Waals surface area contributed by atoms with Gasteiger partial charge in [0.1, 0.15) is 5.75 Å². The number of aliphatic hydroxyl groups excluding tert-OH is 1. The fourth-order valence-corrected chi connectivity index (χ4v) is 3.36. The molecular formula is C21H21ClF2N4O3. The van der Waals surface area contributed by atoms with Crippen molar-refractivity contribution in [2.75, 3.05) is 23.3 Å². The molecule has 5 N–H and O–H groups in total. The van der Waals surface area contributed by atoms with Crippen LogP contribution in [0.5, 0.6) is 5.75 Å². The molecule has 164 valence electrons. The zero-order valence-corrected chi connectivity index (χ0v) is 17.1. The average Bonchev–Trinajstić information content (AvgIpc) is 3.14. The number of nitrogens with zero attached hydrogens (tertiary/aromatic N) is 1. The second kappa shape index (κ2) is 9.32. The van der Waals surface area contributed by atoms with E-state index in [9.17, 15) is 18.7 Å². The Hall–Kier alpha value is -3.17. The van der Waals surface area contributed by atoms with Crippen molar-refractivity contribution in [1.82, 2.24) is 0 Å². The zero-order valence-electron chi connectivity index (χ0n) is 16.3. The Morgan fingerprint density at radius 1 is 1.32 bits per heavy atom. The van der Waals surface area contributed by atoms with Gasteiger partial charge in [-0.25, -0.2) is 0 Å². The SMILES string of the molecule is N=C/C=C(\N)c1cc(C(=O)Nc2ccc(OC(F)(F)Cl)cc2)ccc1N1CCC(O)C1. The van der Waals surface area contributed by atoms with Crippen molar-refractivity contribution in [3.8, 4) is 5.75 Å². The van der Waals surface area contributed by atoms with E-state index in [0.717, 1.165) is 11.9 Å². The number of β-amino-alcohol motifs (C(OH)–C–C–N with tert-alkyl or cyclic N) is 1. The van der Waals surface area contributed by atoms with Crippen LogP contribution in [-0.2, 0) is 0 Å². The van der Waals surface area contributed by atoms with Crippen molar-refractivity contribution < 1.29 is 23.4 Å². The normalized spacial score (nSPS) is 16.8. The zero-order chi connectivity index (χ0) is 22.6. The number of halogens is 3. The number of benzene rings is 2. The molecule has 1 amide bonds. The van der Waals surface area contributed by atoms with Gasteiger partial charge in [-0.3, -0.25) is 4.79 Å². The molecule has 1 saturated heterocycles. The number of rotatable bonds is 7. The third kappa shape index (κ3) is 5.93. The molecule has 0 spiro atoms. The van der Waals surface area contributed by atoms with Gasteiger partial charge in [0.15, 0.2) is 0 Å². The summed E-state index contributed by atoms with van der Waals surface area (Å²) in [5.41, 5.74) is 4.59. The summed E-state index contributed by atoms with van der Waals surface area (Å²) in [4.78, 5) is 14.7. The predicted octanol–water partition coefficient (Wildman–Crippen LogP) is 3.63. The highest BCUT2D eigenvalue weighted by Crippen LogP contribution is 2.30. The lowest BCUT2D eigenvalue weighted by molar-refractivity contribution is -0.0964. The van der Waals surface area contributed by atoms with Crippen molar-refractivity contribution in [1.29, 1.82) is 5.41 Å². The third-order valence-corrected chi connectivity index (χ3v) is 4.76. The Labute approximate surface area is 182 Å². The number of hydrogen-bond donors (Lipinski definition) is 4. The summed E-state index contributed by atoms with van der Waals surface area (Å²) in [6.07, 6.45) is 2.66. The lowest BCUT2D eigenvalue weighted by atomic mass is 10.0. The molecule has 0 saturated carbocycles. The smallest absolute Gasteiger partial charge is 0.420 e. The maximum Gasteiger partial charge on any atom is 0.487 e. The molecule has 31 heavy (non-hydrogen) atoms. The Bertz CT molecular complexity index is 993. The second-order valence-electron chi connectivity index (χ2n) is 6.94. The van der Waals surface area contributed by atoms with Gasteiger partial charge in [-0.05, 0) is 55.0 Å². The van der Waals surface area contributed by atoms with Gasteiger partial charge in [-0.1, -0.05) is 0 Å². The summed E-state index contributed by atoms with van der Waals surface area (Å²) in [5, 5.41) is 19.8. The number of carbonyl (C=O) groups is 1. The van der Waals surface area contributed by atoms with E-state index in [1.54, 1.807) is 18.2 Å². The van der Waals surface area contributed by atoms with Crippen molar-refractivity contribution in [3.05, 3.63) is 59.7 Å². The quantitative estimate of drug-likeness (QED) is 0.380. The Morgan fingerprint density at radius 2 is 2.03 bits per heavy atom. The van der Waals surface area contributed by atoms with Gasteiger partial charge in [-0.2, -0.15) is 0 Å². The Morgan fingerprint density at radius 3 is 2.61 bits per heavy atom. The molecule has 3 rings (SSSR count). The van der Waals surface area contributed by atoms with Crippen LogP contribution >= 0.6 is 11.6 Å². The molecular weight excluding hydrogens is 430 g/mol. The van der Waals surface area contributed by atoms with Gasteiger partial charge in [0.05, 0.1) is 6.10 Å². The predicted molar refractivity (Wildman–Crippen MR) is 116 cm³/mol. The maximum atomic E-state index is 12.7. The van der Waals surface area contributed by atoms with Crippen molar-refractivity contribution in [2.24, 2.45) is 5.73 Å². The molecule has 1 fully saturated rings. The fourth-order valence-electron chi connectivity index (χ4n) is 3.27. The molecule has 1 aliphatic heterocycles. The molecule has 2 aromatic rings. The maximum absolute atomic E-state index is 12.7. The van der Waals surface area contributed by atoms with Crippen LogP contribution in [0.4, 0.5) is 20.2 Å². The van der Waals surface area contributed by atoms with Crippen molar-refractivity contribution in [3.63, 3.8) is 0 Å². The van der Waals surface area contributed by atoms with E-state index >= 15 is 0 Å². The van der Waals surface area contributed by atoms with Crippen LogP contribution in [0.15, 0.2) is 48.5 Å². The first-order chi connectivity index (χ1) is 14.7. The van der Waals surface area contributed by atoms with Crippen LogP contribution in [0.2, 0.25) is 0 Å². The highest BCUT2D eigenvalue weighted by Gasteiger charge is 2.27. The fraction of sp³-hybridized carbons (Fsp3) is 0.238. The Kier molecular flexibility index (Phi) is 6.77. The summed E-state index contributed by atoms with van der Waals surface area (Å²) in [6.45, 7) is 1.10. The lowest BCUT2D eigenvalue weighted by Gasteiger charge is -2.22. The van der Waals surface area contributed by atoms with E-state index in [1.807, 2.05) is 4.90 Å². The van der Waals surface area contributed by atoms with Crippen molar-refractivity contribution in [2.45, 2.75) is 18.1 Å². The molecule has 10 heteroatoms. The molecule has 0 aromatic heterocycles. The summed E-state index contributed by atoms with van der Waals surface area (Å²) in [7, 11) is 0. The number of nitrogens with one attached hydrogen (secondary N) is 2. The number of ether oxygens (including phenoxy) is 1. The first-order valence-electron chi connectivity index (χ1n) is 9.37. The van der Waals surface area contributed by atoms with Crippen LogP contribution < -0.4 is 20.7 Å². The van der Waals surface area contributed by atoms with Gasteiger partial charge >= 0.3 is 5.57 Å². The monoisotopic (exact) mass is 450 g/mol. The number of nitrogens with two attached hydrogens (primary N) is 1. The standard InChI is InChI=1S/C21H21ClF2N4O3/c22-21(23,24)31-16-4-2-14(3-5-16)27-20(30)13-1-6-19(28-10-8-15(29)12-28)17(11-13)18(26)7-9-25/h1-7,9,11,15,25,29H,8,10,12,26H2,(H,27,30)/b18-7-,25-9?. The van der Waals surface area contributed by atoms with E-state index in [2.05, 4.69) is 10.1 Å². The number of hydrogen-bond acceptors (Lipinski definition) is 6. The summed E-state index contributed by atoms with van der Waals surface area (Å²) in [5.74, 6) is -0.588. The number of carbonyl (C=O) groups excluding carboxylic acids is 1. The van der Waals surface area contributed by atoms with E-state index < -0.39 is 17.6 Å². The number of aliphatic hydroxyl groups is 1. The first-order valence-corrected chi connectivity index (χ1v) is 9.75. The molecule has 1 atom stereocenters. The van der Waals surface area contributed by atoms with Crippen LogP contribution in [0.3, 0.4) is 0 Å². The molecule has 2 aromatic carbocycles. The minimum absolute atomic E-state index is 0.151. The van der Waals surface area contributed by atoms with E-state index in [4.69, 9.17) is 22.7 Å². The molecule has 7 nitrogen and oxygen atoms in total.